The fourth-order valence-corrected chi connectivity index (χ4v) is 2.23. The molecule has 2 aromatic rings. The van der Waals surface area contributed by atoms with E-state index in [1.165, 1.54) is 5.56 Å². The van der Waals surface area contributed by atoms with E-state index in [-0.39, 0.29) is 11.9 Å². The summed E-state index contributed by atoms with van der Waals surface area (Å²) in [6, 6.07) is 6.32. The molecule has 0 bridgehead atoms. The molecule has 1 atom stereocenters. The molecule has 1 aromatic heterocycles. The van der Waals surface area contributed by atoms with E-state index in [2.05, 4.69) is 46.6 Å². The molecule has 0 aliphatic heterocycles. The van der Waals surface area contributed by atoms with Gasteiger partial charge in [0.05, 0.1) is 5.56 Å². The summed E-state index contributed by atoms with van der Waals surface area (Å²) in [4.78, 5) is 20.5. The minimum Gasteiger partial charge on any atom is -0.350 e. The second-order valence-electron chi connectivity index (χ2n) is 5.67. The van der Waals surface area contributed by atoms with Crippen molar-refractivity contribution in [1.29, 1.82) is 0 Å². The number of nitrogens with one attached hydrogen (secondary N) is 2. The number of nitrogens with zero attached hydrogens (tertiary/aromatic N) is 2. The molecular formula is C18H24N4O. The molecule has 0 aliphatic carbocycles. The predicted octanol–water partition coefficient (Wildman–Crippen LogP) is 3.62. The highest BCUT2D eigenvalue weighted by Crippen LogP contribution is 2.23. The first-order valence-electron chi connectivity index (χ1n) is 8.03. The fraction of sp³-hybridized carbons (Fsp3) is 0.389. The van der Waals surface area contributed by atoms with Crippen molar-refractivity contribution in [2.24, 2.45) is 0 Å². The molecule has 0 fully saturated rings. The zero-order valence-corrected chi connectivity index (χ0v) is 14.2. The summed E-state index contributed by atoms with van der Waals surface area (Å²) in [6.45, 7) is 8.17. The highest BCUT2D eigenvalue weighted by atomic mass is 16.1. The number of benzene rings is 1. The summed E-state index contributed by atoms with van der Waals surface area (Å²) in [7, 11) is 0. The summed E-state index contributed by atoms with van der Waals surface area (Å²) >= 11 is 0. The second kappa shape index (κ2) is 7.72. The Hall–Kier alpha value is -2.43. The van der Waals surface area contributed by atoms with Gasteiger partial charge in [-0.25, -0.2) is 9.97 Å². The van der Waals surface area contributed by atoms with Crippen LogP contribution in [0.2, 0.25) is 0 Å². The van der Waals surface area contributed by atoms with Crippen LogP contribution in [0.25, 0.3) is 0 Å². The molecule has 1 unspecified atom stereocenters. The molecule has 0 saturated carbocycles. The van der Waals surface area contributed by atoms with Crippen molar-refractivity contribution >= 4 is 17.5 Å². The molecule has 2 N–H and O–H groups in total. The average Bonchev–Trinajstić information content (AvgIpc) is 2.57. The number of aryl methyl sites for hydroxylation is 2. The van der Waals surface area contributed by atoms with E-state index in [1.807, 2.05) is 19.9 Å². The van der Waals surface area contributed by atoms with E-state index in [4.69, 9.17) is 0 Å². The van der Waals surface area contributed by atoms with Crippen molar-refractivity contribution in [3.8, 4) is 0 Å². The SMILES string of the molecule is CCc1cccc(C)c1Nc1ncc(C(=O)NC(C)CC)cn1. The molecule has 1 amide bonds. The number of hydrogen-bond acceptors (Lipinski definition) is 4. The van der Waals surface area contributed by atoms with E-state index in [0.717, 1.165) is 24.1 Å². The highest BCUT2D eigenvalue weighted by molar-refractivity contribution is 5.93. The van der Waals surface area contributed by atoms with Gasteiger partial charge in [0.1, 0.15) is 0 Å². The van der Waals surface area contributed by atoms with Crippen molar-refractivity contribution in [2.45, 2.75) is 46.6 Å². The van der Waals surface area contributed by atoms with Gasteiger partial charge in [0, 0.05) is 24.1 Å². The first-order valence-corrected chi connectivity index (χ1v) is 8.03. The summed E-state index contributed by atoms with van der Waals surface area (Å²) in [6.07, 6.45) is 4.92. The van der Waals surface area contributed by atoms with Gasteiger partial charge in [0.15, 0.2) is 0 Å². The van der Waals surface area contributed by atoms with Gasteiger partial charge in [-0.1, -0.05) is 32.0 Å². The zero-order chi connectivity index (χ0) is 16.8. The van der Waals surface area contributed by atoms with Crippen LogP contribution in [0.5, 0.6) is 0 Å². The molecule has 1 aromatic carbocycles. The monoisotopic (exact) mass is 312 g/mol. The number of para-hydroxylation sites is 1. The molecule has 0 aliphatic rings. The van der Waals surface area contributed by atoms with Crippen LogP contribution in [-0.4, -0.2) is 21.9 Å². The van der Waals surface area contributed by atoms with Gasteiger partial charge in [0.25, 0.3) is 5.91 Å². The Bertz CT molecular complexity index is 667. The number of aromatic nitrogens is 2. The number of rotatable bonds is 6. The lowest BCUT2D eigenvalue weighted by Gasteiger charge is -2.13. The van der Waals surface area contributed by atoms with E-state index in [0.29, 0.717) is 11.5 Å². The smallest absolute Gasteiger partial charge is 0.254 e. The standard InChI is InChI=1S/C18H24N4O/c1-5-13(4)21-17(23)15-10-19-18(20-11-15)22-16-12(3)8-7-9-14(16)6-2/h7-11,13H,5-6H2,1-4H3,(H,21,23)(H,19,20,22). The van der Waals surface area contributed by atoms with Crippen molar-refractivity contribution in [1.82, 2.24) is 15.3 Å². The maximum absolute atomic E-state index is 12.0. The van der Waals surface area contributed by atoms with Crippen molar-refractivity contribution in [2.75, 3.05) is 5.32 Å². The van der Waals surface area contributed by atoms with Crippen molar-refractivity contribution in [3.05, 3.63) is 47.3 Å². The Morgan fingerprint density at radius 3 is 2.52 bits per heavy atom. The molecule has 2 rings (SSSR count). The summed E-state index contributed by atoms with van der Waals surface area (Å²) in [5.41, 5.74) is 3.86. The first-order chi connectivity index (χ1) is 11.0. The lowest BCUT2D eigenvalue weighted by Crippen LogP contribution is -2.32. The van der Waals surface area contributed by atoms with Gasteiger partial charge in [0.2, 0.25) is 5.95 Å². The Morgan fingerprint density at radius 1 is 1.22 bits per heavy atom. The number of amides is 1. The molecular weight excluding hydrogens is 288 g/mol. The number of carbonyl (C=O) groups is 1. The van der Waals surface area contributed by atoms with E-state index >= 15 is 0 Å². The molecule has 1 heterocycles. The fourth-order valence-electron chi connectivity index (χ4n) is 2.23. The molecule has 23 heavy (non-hydrogen) atoms. The molecule has 0 radical (unpaired) electrons. The number of anilines is 2. The summed E-state index contributed by atoms with van der Waals surface area (Å²) in [5.74, 6) is 0.352. The Labute approximate surface area is 137 Å². The summed E-state index contributed by atoms with van der Waals surface area (Å²) < 4.78 is 0. The zero-order valence-electron chi connectivity index (χ0n) is 14.2. The van der Waals surface area contributed by atoms with Crippen molar-refractivity contribution < 1.29 is 4.79 Å². The van der Waals surface area contributed by atoms with Gasteiger partial charge in [-0.2, -0.15) is 0 Å². The minimum absolute atomic E-state index is 0.138. The van der Waals surface area contributed by atoms with Crippen LogP contribution >= 0.6 is 0 Å². The van der Waals surface area contributed by atoms with Crippen LogP contribution in [0.3, 0.4) is 0 Å². The largest absolute Gasteiger partial charge is 0.350 e. The van der Waals surface area contributed by atoms with E-state index in [1.54, 1.807) is 12.4 Å². The average molecular weight is 312 g/mol. The highest BCUT2D eigenvalue weighted by Gasteiger charge is 2.11. The Morgan fingerprint density at radius 2 is 1.91 bits per heavy atom. The lowest BCUT2D eigenvalue weighted by atomic mass is 10.1. The topological polar surface area (TPSA) is 66.9 Å². The van der Waals surface area contributed by atoms with Crippen LogP contribution < -0.4 is 10.6 Å². The van der Waals surface area contributed by atoms with Crippen LogP contribution in [0.15, 0.2) is 30.6 Å². The maximum atomic E-state index is 12.0. The minimum atomic E-state index is -0.143. The third-order valence-electron chi connectivity index (χ3n) is 3.88. The molecule has 0 spiro atoms. The number of carbonyl (C=O) groups excluding carboxylic acids is 1. The molecule has 5 heteroatoms. The molecule has 122 valence electrons. The van der Waals surface area contributed by atoms with Crippen LogP contribution in [0, 0.1) is 6.92 Å². The Balaban J connectivity index is 2.13. The second-order valence-corrected chi connectivity index (χ2v) is 5.67. The molecule has 0 saturated heterocycles. The van der Waals surface area contributed by atoms with Gasteiger partial charge >= 0.3 is 0 Å². The Kier molecular flexibility index (Phi) is 5.68. The van der Waals surface area contributed by atoms with E-state index in [9.17, 15) is 4.79 Å². The van der Waals surface area contributed by atoms with Gasteiger partial charge in [-0.05, 0) is 37.8 Å². The van der Waals surface area contributed by atoms with Crippen LogP contribution in [0.4, 0.5) is 11.6 Å². The number of hydrogen-bond donors (Lipinski definition) is 2. The predicted molar refractivity (Wildman–Crippen MR) is 93.1 cm³/mol. The normalized spacial score (nSPS) is 11.8. The summed E-state index contributed by atoms with van der Waals surface area (Å²) in [5, 5.41) is 6.16. The third-order valence-corrected chi connectivity index (χ3v) is 3.88. The van der Waals surface area contributed by atoms with Gasteiger partial charge in [-0.15, -0.1) is 0 Å². The first kappa shape index (κ1) is 16.9. The van der Waals surface area contributed by atoms with Crippen molar-refractivity contribution in [3.63, 3.8) is 0 Å². The maximum Gasteiger partial charge on any atom is 0.254 e. The van der Waals surface area contributed by atoms with Crippen LogP contribution in [0.1, 0.15) is 48.7 Å². The van der Waals surface area contributed by atoms with E-state index < -0.39 is 0 Å². The third kappa shape index (κ3) is 4.28. The quantitative estimate of drug-likeness (QED) is 0.855. The lowest BCUT2D eigenvalue weighted by molar-refractivity contribution is 0.0938. The van der Waals surface area contributed by atoms with Gasteiger partial charge in [-0.3, -0.25) is 4.79 Å². The molecule has 5 nitrogen and oxygen atoms in total. The van der Waals surface area contributed by atoms with Gasteiger partial charge < -0.3 is 10.6 Å². The van der Waals surface area contributed by atoms with Crippen LogP contribution in [-0.2, 0) is 6.42 Å².